The van der Waals surface area contributed by atoms with Crippen LogP contribution in [0.3, 0.4) is 0 Å². The topological polar surface area (TPSA) is 56.0 Å². The molecule has 0 unspecified atom stereocenters. The number of halogens is 3. The molecule has 14 heavy (non-hydrogen) atoms. The minimum atomic E-state index is -4.62. The van der Waals surface area contributed by atoms with E-state index in [4.69, 9.17) is 5.73 Å². The van der Waals surface area contributed by atoms with E-state index < -0.39 is 22.5 Å². The molecule has 78 valence electrons. The molecule has 1 rings (SSSR count). The summed E-state index contributed by atoms with van der Waals surface area (Å²) < 4.78 is 36.9. The van der Waals surface area contributed by atoms with Gasteiger partial charge in [-0.25, -0.2) is 4.98 Å². The molecule has 0 radical (unpaired) electrons. The molecule has 1 aromatic heterocycles. The van der Waals surface area contributed by atoms with E-state index in [0.717, 1.165) is 0 Å². The number of ketones is 1. The summed E-state index contributed by atoms with van der Waals surface area (Å²) in [5.41, 5.74) is 3.95. The Bertz CT molecular complexity index is 358. The van der Waals surface area contributed by atoms with Crippen molar-refractivity contribution < 1.29 is 18.0 Å². The second-order valence-electron chi connectivity index (χ2n) is 2.50. The first kappa shape index (κ1) is 11.0. The van der Waals surface area contributed by atoms with Crippen molar-refractivity contribution in [3.05, 3.63) is 10.6 Å². The molecule has 0 aliphatic heterocycles. The van der Waals surface area contributed by atoms with Crippen molar-refractivity contribution in [2.75, 3.05) is 5.73 Å². The molecule has 0 amide bonds. The number of hydrogen-bond acceptors (Lipinski definition) is 4. The molecule has 0 fully saturated rings. The lowest BCUT2D eigenvalue weighted by molar-refractivity contribution is -0.140. The zero-order chi connectivity index (χ0) is 10.9. The Morgan fingerprint density at radius 1 is 1.57 bits per heavy atom. The van der Waals surface area contributed by atoms with Gasteiger partial charge in [0, 0.05) is 6.42 Å². The number of hydrogen-bond donors (Lipinski definition) is 1. The molecule has 0 spiro atoms. The SMILES string of the molecule is CCC(=O)c1sc(N)nc1C(F)(F)F. The molecule has 0 saturated heterocycles. The average Bonchev–Trinajstić information content (AvgIpc) is 2.45. The fourth-order valence-electron chi connectivity index (χ4n) is 0.878. The molecule has 0 aliphatic carbocycles. The van der Waals surface area contributed by atoms with Crippen LogP contribution in [-0.4, -0.2) is 10.8 Å². The zero-order valence-electron chi connectivity index (χ0n) is 7.18. The number of aromatic nitrogens is 1. The highest BCUT2D eigenvalue weighted by molar-refractivity contribution is 7.17. The molecule has 2 N–H and O–H groups in total. The van der Waals surface area contributed by atoms with Gasteiger partial charge in [0.25, 0.3) is 0 Å². The Morgan fingerprint density at radius 3 is 2.57 bits per heavy atom. The van der Waals surface area contributed by atoms with E-state index in [2.05, 4.69) is 4.98 Å². The van der Waals surface area contributed by atoms with Gasteiger partial charge in [-0.3, -0.25) is 4.79 Å². The molecule has 7 heteroatoms. The Balaban J connectivity index is 3.23. The Kier molecular flexibility index (Phi) is 2.79. The number of alkyl halides is 3. The number of carbonyl (C=O) groups excluding carboxylic acids is 1. The third-order valence-corrected chi connectivity index (χ3v) is 2.41. The standard InChI is InChI=1S/C7H7F3N2OS/c1-2-3(13)4-5(7(8,9)10)12-6(11)14-4/h2H2,1H3,(H2,11,12). The number of nitrogens with zero attached hydrogens (tertiary/aromatic N) is 1. The van der Waals surface area contributed by atoms with Gasteiger partial charge in [0.05, 0.1) is 0 Å². The Morgan fingerprint density at radius 2 is 2.14 bits per heavy atom. The molecule has 3 nitrogen and oxygen atoms in total. The van der Waals surface area contributed by atoms with Gasteiger partial charge in [-0.15, -0.1) is 0 Å². The third kappa shape index (κ3) is 2.03. The Labute approximate surface area is 81.7 Å². The summed E-state index contributed by atoms with van der Waals surface area (Å²) in [5, 5.41) is -0.242. The van der Waals surface area contributed by atoms with E-state index >= 15 is 0 Å². The number of carbonyl (C=O) groups is 1. The van der Waals surface area contributed by atoms with Crippen LogP contribution < -0.4 is 5.73 Å². The van der Waals surface area contributed by atoms with Crippen molar-refractivity contribution in [3.8, 4) is 0 Å². The monoisotopic (exact) mass is 224 g/mol. The number of Topliss-reactive ketones (excluding diaryl/α,β-unsaturated/α-hetero) is 1. The van der Waals surface area contributed by atoms with Crippen molar-refractivity contribution in [3.63, 3.8) is 0 Å². The lowest BCUT2D eigenvalue weighted by atomic mass is 10.2. The van der Waals surface area contributed by atoms with Crippen molar-refractivity contribution >= 4 is 22.3 Å². The molecule has 0 bridgehead atoms. The van der Waals surface area contributed by atoms with Crippen LogP contribution in [0.15, 0.2) is 0 Å². The number of nitrogen functional groups attached to an aromatic ring is 1. The first-order valence-corrected chi connectivity index (χ1v) is 4.54. The summed E-state index contributed by atoms with van der Waals surface area (Å²) in [7, 11) is 0. The number of nitrogens with two attached hydrogens (primary N) is 1. The van der Waals surface area contributed by atoms with Crippen LogP contribution in [0.2, 0.25) is 0 Å². The van der Waals surface area contributed by atoms with E-state index in [0.29, 0.717) is 11.3 Å². The number of thiazole rings is 1. The summed E-state index contributed by atoms with van der Waals surface area (Å²) in [6.45, 7) is 1.48. The fraction of sp³-hybridized carbons (Fsp3) is 0.429. The first-order valence-electron chi connectivity index (χ1n) is 3.73. The largest absolute Gasteiger partial charge is 0.435 e. The quantitative estimate of drug-likeness (QED) is 0.784. The van der Waals surface area contributed by atoms with E-state index in [1.807, 2.05) is 0 Å². The maximum absolute atomic E-state index is 12.3. The van der Waals surface area contributed by atoms with Crippen LogP contribution in [0.25, 0.3) is 0 Å². The predicted octanol–water partition coefficient (Wildman–Crippen LogP) is 2.34. The summed E-state index contributed by atoms with van der Waals surface area (Å²) in [6, 6.07) is 0. The lowest BCUT2D eigenvalue weighted by Gasteiger charge is -2.03. The van der Waals surface area contributed by atoms with Crippen LogP contribution in [0, 0.1) is 0 Å². The van der Waals surface area contributed by atoms with Gasteiger partial charge in [-0.05, 0) is 0 Å². The maximum Gasteiger partial charge on any atom is 0.435 e. The van der Waals surface area contributed by atoms with Gasteiger partial charge in [0.15, 0.2) is 16.6 Å². The van der Waals surface area contributed by atoms with Crippen LogP contribution in [0.4, 0.5) is 18.3 Å². The van der Waals surface area contributed by atoms with Crippen molar-refractivity contribution in [1.29, 1.82) is 0 Å². The molecule has 0 aromatic carbocycles. The fourth-order valence-corrected chi connectivity index (χ4v) is 1.74. The van der Waals surface area contributed by atoms with E-state index in [9.17, 15) is 18.0 Å². The highest BCUT2D eigenvalue weighted by Gasteiger charge is 2.38. The average molecular weight is 224 g/mol. The van der Waals surface area contributed by atoms with Gasteiger partial charge in [-0.2, -0.15) is 13.2 Å². The first-order chi connectivity index (χ1) is 6.36. The van der Waals surface area contributed by atoms with Crippen molar-refractivity contribution in [2.24, 2.45) is 0 Å². The van der Waals surface area contributed by atoms with Crippen molar-refractivity contribution in [1.82, 2.24) is 4.98 Å². The van der Waals surface area contributed by atoms with Gasteiger partial charge < -0.3 is 5.73 Å². The maximum atomic E-state index is 12.3. The van der Waals surface area contributed by atoms with Crippen LogP contribution >= 0.6 is 11.3 Å². The summed E-state index contributed by atoms with van der Waals surface area (Å²) >= 11 is 0.571. The summed E-state index contributed by atoms with van der Waals surface area (Å²) in [6.07, 6.45) is -4.61. The minimum Gasteiger partial charge on any atom is -0.375 e. The molecular weight excluding hydrogens is 217 g/mol. The van der Waals surface area contributed by atoms with Crippen LogP contribution in [0.1, 0.15) is 28.7 Å². The predicted molar refractivity (Wildman–Crippen MR) is 46.1 cm³/mol. The molecule has 0 saturated carbocycles. The van der Waals surface area contributed by atoms with Crippen molar-refractivity contribution in [2.45, 2.75) is 19.5 Å². The lowest BCUT2D eigenvalue weighted by Crippen LogP contribution is -2.11. The van der Waals surface area contributed by atoms with Crippen LogP contribution in [-0.2, 0) is 6.18 Å². The number of rotatable bonds is 2. The van der Waals surface area contributed by atoms with Gasteiger partial charge in [0.1, 0.15) is 4.88 Å². The molecular formula is C7H7F3N2OS. The highest BCUT2D eigenvalue weighted by atomic mass is 32.1. The molecule has 1 heterocycles. The molecule has 0 atom stereocenters. The second kappa shape index (κ2) is 3.56. The third-order valence-electron chi connectivity index (χ3n) is 1.49. The summed E-state index contributed by atoms with van der Waals surface area (Å²) in [4.78, 5) is 13.8. The zero-order valence-corrected chi connectivity index (χ0v) is 8.00. The van der Waals surface area contributed by atoms with E-state index in [1.54, 1.807) is 0 Å². The number of anilines is 1. The van der Waals surface area contributed by atoms with Gasteiger partial charge in [0.2, 0.25) is 0 Å². The van der Waals surface area contributed by atoms with Crippen LogP contribution in [0.5, 0.6) is 0 Å². The van der Waals surface area contributed by atoms with Gasteiger partial charge in [-0.1, -0.05) is 18.3 Å². The molecule has 1 aromatic rings. The summed E-state index contributed by atoms with van der Waals surface area (Å²) in [5.74, 6) is -0.591. The normalized spacial score (nSPS) is 11.7. The highest BCUT2D eigenvalue weighted by Crippen LogP contribution is 2.35. The minimum absolute atomic E-state index is 0.00468. The molecule has 0 aliphatic rings. The van der Waals surface area contributed by atoms with E-state index in [-0.39, 0.29) is 11.6 Å². The Hall–Kier alpha value is -1.11. The van der Waals surface area contributed by atoms with Gasteiger partial charge >= 0.3 is 6.18 Å². The second-order valence-corrected chi connectivity index (χ2v) is 3.53. The van der Waals surface area contributed by atoms with E-state index in [1.165, 1.54) is 6.92 Å². The smallest absolute Gasteiger partial charge is 0.375 e.